The minimum atomic E-state index is -1.16. The number of carbonyl (C=O) groups excluding carboxylic acids is 2. The topological polar surface area (TPSA) is 52.6 Å². The van der Waals surface area contributed by atoms with Gasteiger partial charge in [-0.2, -0.15) is 0 Å². The quantitative estimate of drug-likeness (QED) is 0.443. The molecule has 4 nitrogen and oxygen atoms in total. The van der Waals surface area contributed by atoms with Gasteiger partial charge in [-0.15, -0.1) is 0 Å². The molecule has 0 saturated carbocycles. The van der Waals surface area contributed by atoms with E-state index in [-0.39, 0.29) is 5.56 Å². The van der Waals surface area contributed by atoms with Crippen LogP contribution in [0.1, 0.15) is 16.8 Å². The highest BCUT2D eigenvalue weighted by Gasteiger charge is 2.21. The maximum atomic E-state index is 12.9. The van der Waals surface area contributed by atoms with Gasteiger partial charge in [0.2, 0.25) is 6.29 Å². The molecule has 98 valence electrons. The molecule has 18 heavy (non-hydrogen) atoms. The number of methoxy groups -OCH3 is 2. The summed E-state index contributed by atoms with van der Waals surface area (Å²) in [7, 11) is 2.50. The average Bonchev–Trinajstić information content (AvgIpc) is 2.29. The minimum Gasteiger partial charge on any atom is -0.349 e. The molecule has 0 aliphatic carbocycles. The first-order valence-electron chi connectivity index (χ1n) is 5.05. The molecule has 0 radical (unpaired) electrons. The fourth-order valence-corrected chi connectivity index (χ4v) is 1.42. The zero-order valence-corrected chi connectivity index (χ0v) is 9.91. The van der Waals surface area contributed by atoms with Gasteiger partial charge in [0, 0.05) is 25.8 Å². The maximum Gasteiger partial charge on any atom is 0.217 e. The first kappa shape index (κ1) is 14.4. The van der Waals surface area contributed by atoms with Crippen LogP contribution in [-0.4, -0.2) is 32.1 Å². The molecular formula is C12H12F2O4. The summed E-state index contributed by atoms with van der Waals surface area (Å²) in [6, 6.07) is 2.38. The molecule has 0 spiro atoms. The van der Waals surface area contributed by atoms with Crippen LogP contribution in [0.3, 0.4) is 0 Å². The molecule has 0 aromatic heterocycles. The molecule has 0 fully saturated rings. The van der Waals surface area contributed by atoms with Crippen molar-refractivity contribution in [1.29, 1.82) is 0 Å². The second-order valence-corrected chi connectivity index (χ2v) is 3.53. The standard InChI is InChI=1S/C12H12F2O4/c1-17-12(18-2)11(16)6-10(15)7-3-8(13)5-9(14)4-7/h3-5,12H,6H2,1-2H3. The number of halogens is 2. The number of carbonyl (C=O) groups is 2. The molecule has 0 amide bonds. The van der Waals surface area contributed by atoms with Crippen molar-refractivity contribution in [1.82, 2.24) is 0 Å². The fourth-order valence-electron chi connectivity index (χ4n) is 1.42. The van der Waals surface area contributed by atoms with E-state index in [0.717, 1.165) is 12.1 Å². The zero-order chi connectivity index (χ0) is 13.7. The number of ether oxygens (including phenoxy) is 2. The molecule has 6 heteroatoms. The lowest BCUT2D eigenvalue weighted by Gasteiger charge is -2.11. The fraction of sp³-hybridized carbons (Fsp3) is 0.333. The predicted molar refractivity (Wildman–Crippen MR) is 58.1 cm³/mol. The van der Waals surface area contributed by atoms with Crippen LogP contribution in [0.15, 0.2) is 18.2 Å². The molecular weight excluding hydrogens is 246 g/mol. The van der Waals surface area contributed by atoms with E-state index in [1.54, 1.807) is 0 Å². The summed E-state index contributed by atoms with van der Waals surface area (Å²) in [5, 5.41) is 0. The van der Waals surface area contributed by atoms with Crippen LogP contribution in [0, 0.1) is 11.6 Å². The van der Waals surface area contributed by atoms with E-state index in [0.29, 0.717) is 6.07 Å². The van der Waals surface area contributed by atoms with Crippen LogP contribution in [-0.2, 0) is 14.3 Å². The molecule has 0 aliphatic rings. The van der Waals surface area contributed by atoms with E-state index in [9.17, 15) is 18.4 Å². The van der Waals surface area contributed by atoms with Crippen molar-refractivity contribution < 1.29 is 27.8 Å². The Labute approximate surface area is 103 Å². The summed E-state index contributed by atoms with van der Waals surface area (Å²) >= 11 is 0. The minimum absolute atomic E-state index is 0.202. The van der Waals surface area contributed by atoms with Crippen molar-refractivity contribution >= 4 is 11.6 Å². The Bertz CT molecular complexity index is 435. The third-order valence-electron chi connectivity index (χ3n) is 2.21. The summed E-state index contributed by atoms with van der Waals surface area (Å²) in [5.74, 6) is -3.06. The largest absolute Gasteiger partial charge is 0.349 e. The van der Waals surface area contributed by atoms with Gasteiger partial charge in [-0.1, -0.05) is 0 Å². The Morgan fingerprint density at radius 3 is 2.06 bits per heavy atom. The number of rotatable bonds is 6. The Hall–Kier alpha value is -1.66. The highest BCUT2D eigenvalue weighted by atomic mass is 19.1. The zero-order valence-electron chi connectivity index (χ0n) is 9.91. The normalized spacial score (nSPS) is 10.7. The summed E-state index contributed by atoms with van der Waals surface area (Å²) < 4.78 is 35.1. The van der Waals surface area contributed by atoms with Crippen molar-refractivity contribution in [2.75, 3.05) is 14.2 Å². The summed E-state index contributed by atoms with van der Waals surface area (Å²) in [6.45, 7) is 0. The lowest BCUT2D eigenvalue weighted by Crippen LogP contribution is -2.27. The van der Waals surface area contributed by atoms with E-state index in [1.165, 1.54) is 14.2 Å². The van der Waals surface area contributed by atoms with Crippen LogP contribution < -0.4 is 0 Å². The van der Waals surface area contributed by atoms with Gasteiger partial charge in [0.25, 0.3) is 0 Å². The van der Waals surface area contributed by atoms with Gasteiger partial charge in [0.15, 0.2) is 11.6 Å². The summed E-state index contributed by atoms with van der Waals surface area (Å²) in [5.41, 5.74) is -0.202. The van der Waals surface area contributed by atoms with E-state index < -0.39 is 35.9 Å². The molecule has 0 heterocycles. The lowest BCUT2D eigenvalue weighted by molar-refractivity contribution is -0.155. The highest BCUT2D eigenvalue weighted by molar-refractivity contribution is 6.08. The van der Waals surface area contributed by atoms with Crippen LogP contribution in [0.5, 0.6) is 0 Å². The molecule has 0 unspecified atom stereocenters. The third kappa shape index (κ3) is 3.68. The Kier molecular flexibility index (Phi) is 5.06. The van der Waals surface area contributed by atoms with Gasteiger partial charge in [-0.25, -0.2) is 8.78 Å². The highest BCUT2D eigenvalue weighted by Crippen LogP contribution is 2.11. The van der Waals surface area contributed by atoms with Crippen LogP contribution in [0.2, 0.25) is 0 Å². The number of hydrogen-bond acceptors (Lipinski definition) is 4. The first-order valence-corrected chi connectivity index (χ1v) is 5.05. The first-order chi connectivity index (χ1) is 8.47. The van der Waals surface area contributed by atoms with Crippen molar-refractivity contribution in [3.8, 4) is 0 Å². The number of benzene rings is 1. The summed E-state index contributed by atoms with van der Waals surface area (Å²) in [4.78, 5) is 23.1. The van der Waals surface area contributed by atoms with E-state index in [1.807, 2.05) is 0 Å². The lowest BCUT2D eigenvalue weighted by atomic mass is 10.1. The van der Waals surface area contributed by atoms with Gasteiger partial charge < -0.3 is 9.47 Å². The molecule has 0 saturated heterocycles. The van der Waals surface area contributed by atoms with Gasteiger partial charge in [-0.3, -0.25) is 9.59 Å². The molecule has 1 rings (SSSR count). The molecule has 0 atom stereocenters. The molecule has 0 N–H and O–H groups in total. The second kappa shape index (κ2) is 6.32. The monoisotopic (exact) mass is 258 g/mol. The molecule has 1 aromatic carbocycles. The van der Waals surface area contributed by atoms with Gasteiger partial charge in [-0.05, 0) is 12.1 Å². The van der Waals surface area contributed by atoms with Gasteiger partial charge in [0.05, 0.1) is 6.42 Å². The van der Waals surface area contributed by atoms with Gasteiger partial charge >= 0.3 is 0 Å². The average molecular weight is 258 g/mol. The van der Waals surface area contributed by atoms with Crippen molar-refractivity contribution in [2.24, 2.45) is 0 Å². The number of ketones is 2. The molecule has 1 aromatic rings. The van der Waals surface area contributed by atoms with Crippen molar-refractivity contribution in [2.45, 2.75) is 12.7 Å². The van der Waals surface area contributed by atoms with E-state index >= 15 is 0 Å². The SMILES string of the molecule is COC(OC)C(=O)CC(=O)c1cc(F)cc(F)c1. The smallest absolute Gasteiger partial charge is 0.217 e. The van der Waals surface area contributed by atoms with Gasteiger partial charge in [0.1, 0.15) is 11.6 Å². The maximum absolute atomic E-state index is 12.9. The Balaban J connectivity index is 2.79. The van der Waals surface area contributed by atoms with E-state index in [2.05, 4.69) is 9.47 Å². The molecule has 0 aliphatic heterocycles. The summed E-state index contributed by atoms with van der Waals surface area (Å²) in [6.07, 6.45) is -1.71. The van der Waals surface area contributed by atoms with Crippen LogP contribution in [0.4, 0.5) is 8.78 Å². The van der Waals surface area contributed by atoms with Crippen molar-refractivity contribution in [3.63, 3.8) is 0 Å². The number of Topliss-reactive ketones (excluding diaryl/α,β-unsaturated/α-hetero) is 2. The van der Waals surface area contributed by atoms with E-state index in [4.69, 9.17) is 0 Å². The van der Waals surface area contributed by atoms with Crippen molar-refractivity contribution in [3.05, 3.63) is 35.4 Å². The van der Waals surface area contributed by atoms with Crippen LogP contribution in [0.25, 0.3) is 0 Å². The third-order valence-corrected chi connectivity index (χ3v) is 2.21. The predicted octanol–water partition coefficient (Wildman–Crippen LogP) is 1.73. The van der Waals surface area contributed by atoms with Crippen LogP contribution >= 0.6 is 0 Å². The molecule has 0 bridgehead atoms. The number of hydrogen-bond donors (Lipinski definition) is 0. The second-order valence-electron chi connectivity index (χ2n) is 3.53. The Morgan fingerprint density at radius 2 is 1.61 bits per heavy atom. The Morgan fingerprint density at radius 1 is 1.11 bits per heavy atom.